The minimum absolute atomic E-state index is 0. The van der Waals surface area contributed by atoms with Gasteiger partial charge in [-0.2, -0.15) is 11.5 Å². The molecule has 0 spiro atoms. The zero-order chi connectivity index (χ0) is 18.5. The molecule has 8 heteroatoms. The zero-order valence-corrected chi connectivity index (χ0v) is 23.5. The zero-order valence-electron chi connectivity index (χ0n) is 17.2. The van der Waals surface area contributed by atoms with Crippen molar-refractivity contribution in [1.82, 2.24) is 24.7 Å². The van der Waals surface area contributed by atoms with Crippen LogP contribution in [0, 0.1) is 20.8 Å². The summed E-state index contributed by atoms with van der Waals surface area (Å²) in [7, 11) is 1.86. The van der Waals surface area contributed by atoms with Gasteiger partial charge < -0.3 is 23.9 Å². The number of fused-ring (bicyclic) bond motifs is 2. The predicted molar refractivity (Wildman–Crippen MR) is 111 cm³/mol. The summed E-state index contributed by atoms with van der Waals surface area (Å²) in [6.45, 7) is 3.82. The van der Waals surface area contributed by atoms with Crippen LogP contribution < -0.4 is 73.8 Å². The van der Waals surface area contributed by atoms with Crippen molar-refractivity contribution in [3.05, 3.63) is 50.1 Å². The van der Waals surface area contributed by atoms with Gasteiger partial charge >= 0.3 is 68.9 Å². The van der Waals surface area contributed by atoms with Crippen LogP contribution in [-0.2, 0) is 7.05 Å². The van der Waals surface area contributed by atoms with Crippen LogP contribution in [0.25, 0.3) is 33.3 Å². The summed E-state index contributed by atoms with van der Waals surface area (Å²) >= 11 is 0. The Kier molecular flexibility index (Phi) is 6.92. The Balaban J connectivity index is 0.00000120. The van der Waals surface area contributed by atoms with Crippen molar-refractivity contribution in [2.45, 2.75) is 13.3 Å². The van der Waals surface area contributed by atoms with Crippen molar-refractivity contribution in [3.63, 3.8) is 0 Å². The third-order valence-electron chi connectivity index (χ3n) is 5.10. The molecule has 1 N–H and O–H groups in total. The summed E-state index contributed by atoms with van der Waals surface area (Å²) in [6.07, 6.45) is 8.92. The van der Waals surface area contributed by atoms with Gasteiger partial charge in [0.2, 0.25) is 0 Å². The Labute approximate surface area is 229 Å². The number of phenolic OH excluding ortho intramolecular Hbond substituents is 1. The number of hydrogen-bond donors (Lipinski definition) is 1. The van der Waals surface area contributed by atoms with Gasteiger partial charge in [0.25, 0.3) is 0 Å². The molecule has 1 aromatic carbocycles. The van der Waals surface area contributed by atoms with E-state index in [4.69, 9.17) is 0 Å². The summed E-state index contributed by atoms with van der Waals surface area (Å²) in [5.41, 5.74) is 3.80. The Morgan fingerprint density at radius 3 is 2.72 bits per heavy atom. The summed E-state index contributed by atoms with van der Waals surface area (Å²) in [5.74, 6) is 0.619. The number of nitrogens with zero attached hydrogens (tertiary/aromatic N) is 6. The van der Waals surface area contributed by atoms with Crippen LogP contribution in [0.4, 0.5) is 5.69 Å². The molecule has 1 aliphatic rings. The van der Waals surface area contributed by atoms with Crippen LogP contribution in [0.5, 0.6) is 5.75 Å². The van der Waals surface area contributed by atoms with E-state index < -0.39 is 0 Å². The molecule has 0 unspecified atom stereocenters. The van der Waals surface area contributed by atoms with E-state index in [0.717, 1.165) is 47.1 Å². The molecule has 5 rings (SSSR count). The number of aromatic nitrogens is 5. The molecule has 4 heterocycles. The van der Waals surface area contributed by atoms with Crippen molar-refractivity contribution >= 4 is 27.6 Å². The molecule has 0 atom stereocenters. The molecule has 7 nitrogen and oxygen atoms in total. The minimum atomic E-state index is 0. The van der Waals surface area contributed by atoms with Crippen molar-refractivity contribution < 1.29 is 74.0 Å². The van der Waals surface area contributed by atoms with Gasteiger partial charge in [0, 0.05) is 35.8 Å². The van der Waals surface area contributed by atoms with E-state index in [1.54, 1.807) is 10.9 Å². The fraction of sp³-hybridized carbons (Fsp3) is 0.238. The van der Waals surface area contributed by atoms with Crippen LogP contribution in [0.2, 0.25) is 0 Å². The molecule has 0 bridgehead atoms. The Morgan fingerprint density at radius 1 is 1.14 bits per heavy atom. The maximum absolute atomic E-state index is 10.7. The molecule has 1 saturated heterocycles. The number of phenols is 1. The predicted octanol–water partition coefficient (Wildman–Crippen LogP) is 0.461. The molecule has 0 radical (unpaired) electrons. The summed E-state index contributed by atoms with van der Waals surface area (Å²) < 4.78 is 1.74. The molecule has 0 saturated carbocycles. The molecular formula is C21H22CsN6O-. The van der Waals surface area contributed by atoms with E-state index in [1.165, 1.54) is 0 Å². The molecule has 3 aromatic heterocycles. The van der Waals surface area contributed by atoms with E-state index >= 15 is 0 Å². The van der Waals surface area contributed by atoms with Gasteiger partial charge in [-0.25, -0.2) is 15.0 Å². The summed E-state index contributed by atoms with van der Waals surface area (Å²) in [4.78, 5) is 15.9. The number of aryl methyl sites for hydroxylation is 2. The van der Waals surface area contributed by atoms with E-state index in [2.05, 4.69) is 37.4 Å². The van der Waals surface area contributed by atoms with Crippen LogP contribution in [-0.4, -0.2) is 42.9 Å². The minimum Gasteiger partial charge on any atom is -0.507 e. The van der Waals surface area contributed by atoms with Gasteiger partial charge in [-0.05, 0) is 25.6 Å². The number of hydrogen-bond acceptors (Lipinski definition) is 6. The molecular weight excluding hydrogens is 485 g/mol. The molecule has 1 aliphatic heterocycles. The summed E-state index contributed by atoms with van der Waals surface area (Å²) in [6, 6.07) is 3.95. The molecule has 0 aliphatic carbocycles. The Hall–Kier alpha value is -1.17. The molecule has 144 valence electrons. The smallest absolute Gasteiger partial charge is 0.507 e. The first-order chi connectivity index (χ1) is 13.1. The second-order valence-corrected chi connectivity index (χ2v) is 6.96. The fourth-order valence-corrected chi connectivity index (χ4v) is 3.65. The third-order valence-corrected chi connectivity index (χ3v) is 5.10. The van der Waals surface area contributed by atoms with Crippen LogP contribution in [0.3, 0.4) is 0 Å². The maximum atomic E-state index is 10.7. The van der Waals surface area contributed by atoms with E-state index in [9.17, 15) is 5.11 Å². The quantitative estimate of drug-likeness (QED) is 0.398. The second-order valence-electron chi connectivity index (χ2n) is 6.96. The molecule has 29 heavy (non-hydrogen) atoms. The van der Waals surface area contributed by atoms with E-state index in [0.29, 0.717) is 17.0 Å². The standard InChI is InChI=1S/C20H19N6O.CH3.Cs/c1-12-17-14(11-25(2)24-17)8-16(18(12)27)20-21-9-13-7-15(10-22-19(13)23-20)26-5-3-4-6-26;;/h3,7-11,27H,4-6H2,1-2H3;1H3;/q2*-1;+1. The second kappa shape index (κ2) is 8.91. The number of anilines is 1. The molecule has 4 aromatic rings. The first kappa shape index (κ1) is 22.5. The van der Waals surface area contributed by atoms with E-state index in [1.807, 2.05) is 32.4 Å². The van der Waals surface area contributed by atoms with Gasteiger partial charge in [0.15, 0.2) is 11.5 Å². The number of aromatic hydroxyl groups is 1. The van der Waals surface area contributed by atoms with E-state index in [-0.39, 0.29) is 82.1 Å². The first-order valence-electron chi connectivity index (χ1n) is 8.96. The number of rotatable bonds is 2. The Morgan fingerprint density at radius 2 is 1.97 bits per heavy atom. The average molecular weight is 507 g/mol. The van der Waals surface area contributed by atoms with Gasteiger partial charge in [-0.1, -0.05) is 0 Å². The topological polar surface area (TPSA) is 80.0 Å². The molecule has 0 amide bonds. The van der Waals surface area contributed by atoms with Gasteiger partial charge in [-0.3, -0.25) is 4.68 Å². The SMILES string of the molecule is Cc1c(O)c(-c2ncc3cc(N4C[CH-]CC4)cnc3n2)cc2cn(C)nc12.[CH3-].[Cs+]. The van der Waals surface area contributed by atoms with Gasteiger partial charge in [0.05, 0.1) is 23.0 Å². The average Bonchev–Trinajstić information content (AvgIpc) is 3.33. The van der Waals surface area contributed by atoms with Crippen molar-refractivity contribution in [3.8, 4) is 17.1 Å². The monoisotopic (exact) mass is 507 g/mol. The molecule has 1 fully saturated rings. The largest absolute Gasteiger partial charge is 1.00 e. The third kappa shape index (κ3) is 4.06. The van der Waals surface area contributed by atoms with Crippen LogP contribution >= 0.6 is 0 Å². The van der Waals surface area contributed by atoms with Gasteiger partial charge in [0.1, 0.15) is 5.75 Å². The first-order valence-corrected chi connectivity index (χ1v) is 8.96. The van der Waals surface area contributed by atoms with Crippen molar-refractivity contribution in [1.29, 1.82) is 0 Å². The van der Waals surface area contributed by atoms with Crippen molar-refractivity contribution in [2.24, 2.45) is 7.05 Å². The van der Waals surface area contributed by atoms with Gasteiger partial charge in [-0.15, -0.1) is 6.54 Å². The maximum Gasteiger partial charge on any atom is 1.00 e. The summed E-state index contributed by atoms with van der Waals surface area (Å²) in [5, 5.41) is 16.9. The Bertz CT molecular complexity index is 1180. The fourth-order valence-electron chi connectivity index (χ4n) is 3.65. The normalized spacial score (nSPS) is 13.5. The van der Waals surface area contributed by atoms with Crippen LogP contribution in [0.15, 0.2) is 30.7 Å². The van der Waals surface area contributed by atoms with Crippen molar-refractivity contribution in [2.75, 3.05) is 18.0 Å². The number of pyridine rings is 1. The van der Waals surface area contributed by atoms with Crippen LogP contribution in [0.1, 0.15) is 12.0 Å². The number of benzene rings is 1.